The van der Waals surface area contributed by atoms with Crippen LogP contribution < -0.4 is 14.8 Å². The summed E-state index contributed by atoms with van der Waals surface area (Å²) < 4.78 is 11.1. The van der Waals surface area contributed by atoms with Gasteiger partial charge in [0.15, 0.2) is 11.5 Å². The number of carbonyl (C=O) groups is 2. The molecule has 2 amide bonds. The van der Waals surface area contributed by atoms with E-state index in [0.29, 0.717) is 30.4 Å². The number of ether oxygens (including phenoxy) is 2. The third-order valence-corrected chi connectivity index (χ3v) is 6.03. The van der Waals surface area contributed by atoms with Crippen LogP contribution in [-0.2, 0) is 11.3 Å². The third kappa shape index (κ3) is 8.71. The number of unbranched alkanes of at least 4 members (excludes halogenated alkanes) is 5. The Kier molecular flexibility index (Phi) is 11.4. The van der Waals surface area contributed by atoms with Crippen LogP contribution in [0, 0.1) is 5.92 Å². The lowest BCUT2D eigenvalue weighted by Gasteiger charge is -2.25. The summed E-state index contributed by atoms with van der Waals surface area (Å²) in [6.07, 6.45) is 10.3. The Balaban J connectivity index is 1.83. The second-order valence-corrected chi connectivity index (χ2v) is 9.27. The van der Waals surface area contributed by atoms with Crippen molar-refractivity contribution in [1.29, 1.82) is 0 Å². The zero-order valence-electron chi connectivity index (χ0n) is 20.5. The van der Waals surface area contributed by atoms with Crippen LogP contribution in [0.3, 0.4) is 0 Å². The Morgan fingerprint density at radius 2 is 1.88 bits per heavy atom. The van der Waals surface area contributed by atoms with Gasteiger partial charge in [0.1, 0.15) is 0 Å². The van der Waals surface area contributed by atoms with Crippen molar-refractivity contribution < 1.29 is 19.1 Å². The predicted octanol–water partition coefficient (Wildman–Crippen LogP) is 6.07. The number of likely N-dealkylation sites (tertiary alicyclic amines) is 1. The van der Waals surface area contributed by atoms with Crippen molar-refractivity contribution in [3.63, 3.8) is 0 Å². The van der Waals surface area contributed by atoms with E-state index in [9.17, 15) is 9.59 Å². The lowest BCUT2D eigenvalue weighted by atomic mass is 10.0. The quantitative estimate of drug-likeness (QED) is 0.373. The molecule has 0 aliphatic carbocycles. The first-order valence-electron chi connectivity index (χ1n) is 12.4. The number of nitrogens with zero attached hydrogens (tertiary/aromatic N) is 1. The lowest BCUT2D eigenvalue weighted by molar-refractivity contribution is -0.121. The maximum absolute atomic E-state index is 12.7. The molecule has 6 nitrogen and oxygen atoms in total. The number of benzene rings is 1. The molecule has 1 saturated heterocycles. The number of hydrogen-bond donors (Lipinski definition) is 1. The monoisotopic (exact) mass is 446 g/mol. The van der Waals surface area contributed by atoms with Crippen molar-refractivity contribution in [1.82, 2.24) is 10.2 Å². The first-order chi connectivity index (χ1) is 15.4. The van der Waals surface area contributed by atoms with E-state index in [1.54, 1.807) is 13.2 Å². The topological polar surface area (TPSA) is 67.9 Å². The minimum absolute atomic E-state index is 0.0696. The SMILES string of the molecule is CCCCCCCCC(=O)NCc1ccc(OC(=O)N2CCCC2CC(C)C)c(OC)c1. The van der Waals surface area contributed by atoms with Gasteiger partial charge in [0.25, 0.3) is 0 Å². The molecule has 1 heterocycles. The van der Waals surface area contributed by atoms with Gasteiger partial charge < -0.3 is 19.7 Å². The van der Waals surface area contributed by atoms with Crippen LogP contribution in [0.25, 0.3) is 0 Å². The normalized spacial score (nSPS) is 15.8. The van der Waals surface area contributed by atoms with E-state index in [0.717, 1.165) is 44.2 Å². The Hall–Kier alpha value is -2.24. The van der Waals surface area contributed by atoms with Crippen LogP contribution in [0.15, 0.2) is 18.2 Å². The summed E-state index contributed by atoms with van der Waals surface area (Å²) >= 11 is 0. The highest BCUT2D eigenvalue weighted by Crippen LogP contribution is 2.30. The molecule has 1 aliphatic rings. The van der Waals surface area contributed by atoms with Gasteiger partial charge in [-0.2, -0.15) is 0 Å². The first-order valence-corrected chi connectivity index (χ1v) is 12.4. The molecule has 1 aromatic rings. The molecule has 180 valence electrons. The van der Waals surface area contributed by atoms with E-state index in [4.69, 9.17) is 9.47 Å². The van der Waals surface area contributed by atoms with Crippen LogP contribution in [-0.4, -0.2) is 36.6 Å². The maximum Gasteiger partial charge on any atom is 0.415 e. The third-order valence-electron chi connectivity index (χ3n) is 6.03. The molecule has 1 unspecified atom stereocenters. The van der Waals surface area contributed by atoms with E-state index < -0.39 is 0 Å². The average Bonchev–Trinajstić information content (AvgIpc) is 3.22. The summed E-state index contributed by atoms with van der Waals surface area (Å²) in [6.45, 7) is 7.73. The Labute approximate surface area is 194 Å². The van der Waals surface area contributed by atoms with Crippen LogP contribution in [0.2, 0.25) is 0 Å². The Morgan fingerprint density at radius 1 is 1.12 bits per heavy atom. The highest BCUT2D eigenvalue weighted by molar-refractivity contribution is 5.76. The highest BCUT2D eigenvalue weighted by Gasteiger charge is 2.31. The number of carbonyl (C=O) groups excluding carboxylic acids is 2. The summed E-state index contributed by atoms with van der Waals surface area (Å²) in [6, 6.07) is 5.68. The minimum atomic E-state index is -0.313. The summed E-state index contributed by atoms with van der Waals surface area (Å²) in [5.74, 6) is 1.52. The zero-order chi connectivity index (χ0) is 23.3. The molecule has 1 aliphatic heterocycles. The molecular weight excluding hydrogens is 404 g/mol. The van der Waals surface area contributed by atoms with Gasteiger partial charge in [0.05, 0.1) is 7.11 Å². The van der Waals surface area contributed by atoms with Crippen molar-refractivity contribution in [2.24, 2.45) is 5.92 Å². The van der Waals surface area contributed by atoms with Gasteiger partial charge in [0, 0.05) is 25.6 Å². The molecule has 1 fully saturated rings. The van der Waals surface area contributed by atoms with Crippen molar-refractivity contribution in [3.8, 4) is 11.5 Å². The first kappa shape index (κ1) is 26.0. The van der Waals surface area contributed by atoms with Gasteiger partial charge in [0.2, 0.25) is 5.91 Å². The molecule has 0 radical (unpaired) electrons. The largest absolute Gasteiger partial charge is 0.493 e. The fourth-order valence-corrected chi connectivity index (χ4v) is 4.28. The summed E-state index contributed by atoms with van der Waals surface area (Å²) in [4.78, 5) is 26.7. The van der Waals surface area contributed by atoms with Crippen molar-refractivity contribution >= 4 is 12.0 Å². The predicted molar refractivity (Wildman–Crippen MR) is 128 cm³/mol. The molecule has 1 atom stereocenters. The molecule has 2 rings (SSSR count). The van der Waals surface area contributed by atoms with Gasteiger partial charge in [-0.05, 0) is 49.3 Å². The molecule has 0 aromatic heterocycles. The number of methoxy groups -OCH3 is 1. The Morgan fingerprint density at radius 3 is 2.59 bits per heavy atom. The van der Waals surface area contributed by atoms with Gasteiger partial charge in [-0.25, -0.2) is 4.79 Å². The van der Waals surface area contributed by atoms with E-state index >= 15 is 0 Å². The number of rotatable bonds is 13. The molecule has 6 heteroatoms. The van der Waals surface area contributed by atoms with Crippen molar-refractivity contribution in [2.45, 2.75) is 97.6 Å². The number of nitrogens with one attached hydrogen (secondary N) is 1. The maximum atomic E-state index is 12.7. The van der Waals surface area contributed by atoms with Gasteiger partial charge in [-0.1, -0.05) is 58.9 Å². The lowest BCUT2D eigenvalue weighted by Crippen LogP contribution is -2.38. The fourth-order valence-electron chi connectivity index (χ4n) is 4.28. The molecular formula is C26H42N2O4. The fraction of sp³-hybridized carbons (Fsp3) is 0.692. The molecule has 1 aromatic carbocycles. The smallest absolute Gasteiger partial charge is 0.415 e. The standard InChI is InChI=1S/C26H42N2O4/c1-5-6-7-8-9-10-13-25(29)27-19-21-14-15-23(24(18-21)31-4)32-26(30)28-16-11-12-22(28)17-20(2)3/h14-15,18,20,22H,5-13,16-17,19H2,1-4H3,(H,27,29). The van der Waals surface area contributed by atoms with Gasteiger partial charge in [-0.15, -0.1) is 0 Å². The number of amides is 2. The van der Waals surface area contributed by atoms with Gasteiger partial charge >= 0.3 is 6.09 Å². The molecule has 1 N–H and O–H groups in total. The van der Waals surface area contributed by atoms with Crippen LogP contribution >= 0.6 is 0 Å². The molecule has 0 bridgehead atoms. The minimum Gasteiger partial charge on any atom is -0.493 e. The summed E-state index contributed by atoms with van der Waals surface area (Å²) in [5.41, 5.74) is 0.914. The van der Waals surface area contributed by atoms with Crippen LogP contribution in [0.1, 0.15) is 90.5 Å². The molecule has 0 spiro atoms. The van der Waals surface area contributed by atoms with E-state index in [1.165, 1.54) is 25.7 Å². The highest BCUT2D eigenvalue weighted by atomic mass is 16.6. The van der Waals surface area contributed by atoms with Crippen molar-refractivity contribution in [3.05, 3.63) is 23.8 Å². The van der Waals surface area contributed by atoms with Crippen LogP contribution in [0.4, 0.5) is 4.79 Å². The molecule has 32 heavy (non-hydrogen) atoms. The van der Waals surface area contributed by atoms with E-state index in [2.05, 4.69) is 26.1 Å². The molecule has 0 saturated carbocycles. The van der Waals surface area contributed by atoms with Crippen molar-refractivity contribution in [2.75, 3.05) is 13.7 Å². The number of hydrogen-bond acceptors (Lipinski definition) is 4. The van der Waals surface area contributed by atoms with Gasteiger partial charge in [-0.3, -0.25) is 4.79 Å². The zero-order valence-corrected chi connectivity index (χ0v) is 20.5. The summed E-state index contributed by atoms with van der Waals surface area (Å²) in [5, 5.41) is 2.97. The van der Waals surface area contributed by atoms with E-state index in [-0.39, 0.29) is 18.0 Å². The van der Waals surface area contributed by atoms with E-state index in [1.807, 2.05) is 17.0 Å². The summed E-state index contributed by atoms with van der Waals surface area (Å²) in [7, 11) is 1.56. The average molecular weight is 447 g/mol. The second kappa shape index (κ2) is 14.0. The van der Waals surface area contributed by atoms with Crippen LogP contribution in [0.5, 0.6) is 11.5 Å². The Bertz CT molecular complexity index is 720. The second-order valence-electron chi connectivity index (χ2n) is 9.27.